The third kappa shape index (κ3) is 3.53. The minimum Gasteiger partial charge on any atom is -0.443 e. The number of amides is 2. The summed E-state index contributed by atoms with van der Waals surface area (Å²) in [5.41, 5.74) is -0.599. The van der Waals surface area contributed by atoms with Crippen molar-refractivity contribution in [2.24, 2.45) is 11.8 Å². The molecule has 0 bridgehead atoms. The van der Waals surface area contributed by atoms with Crippen LogP contribution in [-0.2, 0) is 19.0 Å². The third-order valence-electron chi connectivity index (χ3n) is 4.79. The monoisotopic (exact) mass is 325 g/mol. The molecule has 3 aliphatic rings. The van der Waals surface area contributed by atoms with Gasteiger partial charge in [-0.2, -0.15) is 0 Å². The summed E-state index contributed by atoms with van der Waals surface area (Å²) in [6.07, 6.45) is 1.62. The molecular weight excluding hydrogens is 298 g/mol. The first-order valence-corrected chi connectivity index (χ1v) is 8.43. The molecule has 3 rings (SSSR count). The van der Waals surface area contributed by atoms with Crippen molar-refractivity contribution < 1.29 is 23.8 Å². The Bertz CT molecular complexity index is 510. The second-order valence-electron chi connectivity index (χ2n) is 8.39. The number of likely N-dealkylation sites (tertiary alicyclic amines) is 1. The van der Waals surface area contributed by atoms with Gasteiger partial charge in [-0.05, 0) is 59.3 Å². The fourth-order valence-corrected chi connectivity index (χ4v) is 3.93. The SMILES string of the molecule is CC(C)(C)OC(=O)N1C[C@@H]2C[C@H]3OC(C)(C)O[C@H]3C[C@@H]2CC1=O. The van der Waals surface area contributed by atoms with Crippen molar-refractivity contribution in [3.05, 3.63) is 0 Å². The van der Waals surface area contributed by atoms with E-state index in [0.29, 0.717) is 13.0 Å². The van der Waals surface area contributed by atoms with Gasteiger partial charge in [0.25, 0.3) is 0 Å². The lowest BCUT2D eigenvalue weighted by Gasteiger charge is -2.42. The molecule has 1 saturated carbocycles. The highest BCUT2D eigenvalue weighted by Crippen LogP contribution is 2.44. The van der Waals surface area contributed by atoms with E-state index in [0.717, 1.165) is 12.8 Å². The minimum absolute atomic E-state index is 0.0555. The number of rotatable bonds is 0. The fourth-order valence-electron chi connectivity index (χ4n) is 3.93. The van der Waals surface area contributed by atoms with Crippen LogP contribution in [0.3, 0.4) is 0 Å². The highest BCUT2D eigenvalue weighted by molar-refractivity contribution is 5.92. The number of nitrogens with zero attached hydrogens (tertiary/aromatic N) is 1. The molecule has 0 unspecified atom stereocenters. The zero-order valence-electron chi connectivity index (χ0n) is 14.6. The van der Waals surface area contributed by atoms with Crippen LogP contribution in [0, 0.1) is 11.8 Å². The van der Waals surface area contributed by atoms with Crippen LogP contribution in [0.4, 0.5) is 4.79 Å². The number of carbonyl (C=O) groups is 2. The summed E-state index contributed by atoms with van der Waals surface area (Å²) in [5.74, 6) is -0.173. The zero-order valence-corrected chi connectivity index (χ0v) is 14.6. The predicted octanol–water partition coefficient (Wildman–Crippen LogP) is 2.70. The van der Waals surface area contributed by atoms with Crippen molar-refractivity contribution in [2.75, 3.05) is 6.54 Å². The Morgan fingerprint density at radius 2 is 1.74 bits per heavy atom. The lowest BCUT2D eigenvalue weighted by Crippen LogP contribution is -2.52. The van der Waals surface area contributed by atoms with Gasteiger partial charge in [0, 0.05) is 13.0 Å². The molecule has 6 nitrogen and oxygen atoms in total. The van der Waals surface area contributed by atoms with Gasteiger partial charge < -0.3 is 14.2 Å². The first-order valence-electron chi connectivity index (χ1n) is 8.43. The Morgan fingerprint density at radius 1 is 1.17 bits per heavy atom. The largest absolute Gasteiger partial charge is 0.443 e. The van der Waals surface area contributed by atoms with Crippen LogP contribution in [0.15, 0.2) is 0 Å². The molecule has 0 radical (unpaired) electrons. The molecule has 0 aromatic carbocycles. The molecule has 2 saturated heterocycles. The van der Waals surface area contributed by atoms with Crippen LogP contribution in [0.2, 0.25) is 0 Å². The summed E-state index contributed by atoms with van der Waals surface area (Å²) >= 11 is 0. The summed E-state index contributed by atoms with van der Waals surface area (Å²) in [6.45, 7) is 9.68. The molecule has 23 heavy (non-hydrogen) atoms. The van der Waals surface area contributed by atoms with E-state index in [2.05, 4.69) is 0 Å². The second-order valence-corrected chi connectivity index (χ2v) is 8.39. The van der Waals surface area contributed by atoms with Gasteiger partial charge in [0.15, 0.2) is 5.79 Å². The maximum Gasteiger partial charge on any atom is 0.417 e. The molecule has 3 fully saturated rings. The maximum absolute atomic E-state index is 12.3. The van der Waals surface area contributed by atoms with E-state index in [9.17, 15) is 9.59 Å². The Kier molecular flexibility index (Phi) is 3.96. The van der Waals surface area contributed by atoms with Crippen molar-refractivity contribution in [2.45, 2.75) is 77.5 Å². The third-order valence-corrected chi connectivity index (χ3v) is 4.79. The quantitative estimate of drug-likeness (QED) is 0.685. The van der Waals surface area contributed by atoms with Gasteiger partial charge >= 0.3 is 6.09 Å². The normalized spacial score (nSPS) is 36.4. The molecule has 0 aromatic heterocycles. The van der Waals surface area contributed by atoms with Gasteiger partial charge in [-0.3, -0.25) is 4.79 Å². The average Bonchev–Trinajstić information content (AvgIpc) is 2.65. The van der Waals surface area contributed by atoms with E-state index in [1.807, 2.05) is 13.8 Å². The van der Waals surface area contributed by atoms with E-state index in [4.69, 9.17) is 14.2 Å². The first-order chi connectivity index (χ1) is 10.5. The molecule has 4 atom stereocenters. The molecule has 2 heterocycles. The number of piperidine rings is 1. The number of hydrogen-bond acceptors (Lipinski definition) is 5. The van der Waals surface area contributed by atoms with Crippen LogP contribution >= 0.6 is 0 Å². The molecule has 130 valence electrons. The summed E-state index contributed by atoms with van der Waals surface area (Å²) in [5, 5.41) is 0. The van der Waals surface area contributed by atoms with E-state index < -0.39 is 17.5 Å². The lowest BCUT2D eigenvalue weighted by atomic mass is 9.72. The molecule has 2 aliphatic heterocycles. The van der Waals surface area contributed by atoms with Crippen molar-refractivity contribution >= 4 is 12.0 Å². The fraction of sp³-hybridized carbons (Fsp3) is 0.882. The summed E-state index contributed by atoms with van der Waals surface area (Å²) in [6, 6.07) is 0. The molecular formula is C17H27NO5. The van der Waals surface area contributed by atoms with Crippen LogP contribution in [0.5, 0.6) is 0 Å². The predicted molar refractivity (Wildman–Crippen MR) is 82.6 cm³/mol. The van der Waals surface area contributed by atoms with Gasteiger partial charge in [-0.25, -0.2) is 9.69 Å². The van der Waals surface area contributed by atoms with Crippen molar-refractivity contribution in [1.29, 1.82) is 0 Å². The second kappa shape index (κ2) is 5.45. The smallest absolute Gasteiger partial charge is 0.417 e. The van der Waals surface area contributed by atoms with Crippen LogP contribution in [-0.4, -0.2) is 47.0 Å². The number of carbonyl (C=O) groups excluding carboxylic acids is 2. The van der Waals surface area contributed by atoms with Gasteiger partial charge in [-0.1, -0.05) is 0 Å². The molecule has 0 aromatic rings. The van der Waals surface area contributed by atoms with Crippen LogP contribution in [0.1, 0.15) is 53.9 Å². The van der Waals surface area contributed by atoms with E-state index >= 15 is 0 Å². The van der Waals surface area contributed by atoms with Gasteiger partial charge in [0.2, 0.25) is 5.91 Å². The highest BCUT2D eigenvalue weighted by atomic mass is 16.7. The number of ether oxygens (including phenoxy) is 3. The maximum atomic E-state index is 12.3. The number of imide groups is 1. The highest BCUT2D eigenvalue weighted by Gasteiger charge is 2.50. The van der Waals surface area contributed by atoms with Gasteiger partial charge in [0.05, 0.1) is 12.2 Å². The molecule has 2 amide bonds. The van der Waals surface area contributed by atoms with E-state index in [-0.39, 0.29) is 30.0 Å². The van der Waals surface area contributed by atoms with Gasteiger partial charge in [0.1, 0.15) is 5.60 Å². The molecule has 0 N–H and O–H groups in total. The standard InChI is InChI=1S/C17H27NO5/c1-16(2,3)23-15(20)18-9-11-7-13-12(21-17(4,5)22-13)6-10(11)8-14(18)19/h10-13H,6-9H2,1-5H3/t10-,11+,12+,13-/m1/s1. The average molecular weight is 325 g/mol. The topological polar surface area (TPSA) is 65.1 Å². The number of fused-ring (bicyclic) bond motifs is 2. The first kappa shape index (κ1) is 16.7. The summed E-state index contributed by atoms with van der Waals surface area (Å²) < 4.78 is 17.3. The van der Waals surface area contributed by atoms with E-state index in [1.165, 1.54) is 4.90 Å². The Hall–Kier alpha value is -1.14. The van der Waals surface area contributed by atoms with Crippen molar-refractivity contribution in [3.63, 3.8) is 0 Å². The Labute approximate surface area is 137 Å². The minimum atomic E-state index is -0.599. The Morgan fingerprint density at radius 3 is 2.30 bits per heavy atom. The summed E-state index contributed by atoms with van der Waals surface area (Å²) in [4.78, 5) is 25.9. The molecule has 6 heteroatoms. The van der Waals surface area contributed by atoms with Gasteiger partial charge in [-0.15, -0.1) is 0 Å². The molecule has 1 aliphatic carbocycles. The van der Waals surface area contributed by atoms with Crippen LogP contribution in [0.25, 0.3) is 0 Å². The summed E-state index contributed by atoms with van der Waals surface area (Å²) in [7, 11) is 0. The van der Waals surface area contributed by atoms with Crippen LogP contribution < -0.4 is 0 Å². The lowest BCUT2D eigenvalue weighted by molar-refractivity contribution is -0.145. The van der Waals surface area contributed by atoms with E-state index in [1.54, 1.807) is 20.8 Å². The Balaban J connectivity index is 1.68. The number of hydrogen-bond donors (Lipinski definition) is 0. The zero-order chi connectivity index (χ0) is 17.0. The molecule has 0 spiro atoms. The van der Waals surface area contributed by atoms with Crippen molar-refractivity contribution in [1.82, 2.24) is 4.90 Å². The van der Waals surface area contributed by atoms with Crippen molar-refractivity contribution in [3.8, 4) is 0 Å².